The Morgan fingerprint density at radius 2 is 1.85 bits per heavy atom. The molecule has 0 saturated carbocycles. The molecule has 3 nitrogen and oxygen atoms in total. The first-order valence-electron chi connectivity index (χ1n) is 8.08. The van der Waals surface area contributed by atoms with E-state index >= 15 is 0 Å². The first-order chi connectivity index (χ1) is 12.8. The van der Waals surface area contributed by atoms with Crippen LogP contribution in [0.3, 0.4) is 0 Å². The maximum absolute atomic E-state index is 14.0. The van der Waals surface area contributed by atoms with E-state index in [2.05, 4.69) is 5.10 Å². The van der Waals surface area contributed by atoms with Crippen LogP contribution >= 0.6 is 0 Å². The van der Waals surface area contributed by atoms with Crippen molar-refractivity contribution in [2.45, 2.75) is 19.1 Å². The zero-order valence-corrected chi connectivity index (χ0v) is 14.0. The van der Waals surface area contributed by atoms with Crippen LogP contribution in [-0.4, -0.2) is 21.5 Å². The van der Waals surface area contributed by atoms with Crippen LogP contribution in [-0.2, 0) is 12.7 Å². The summed E-state index contributed by atoms with van der Waals surface area (Å²) in [7, 11) is 0. The van der Waals surface area contributed by atoms with Gasteiger partial charge in [0, 0.05) is 23.6 Å². The van der Waals surface area contributed by atoms with Crippen molar-refractivity contribution in [3.63, 3.8) is 0 Å². The van der Waals surface area contributed by atoms with Gasteiger partial charge in [0.25, 0.3) is 0 Å². The second-order valence-corrected chi connectivity index (χ2v) is 5.92. The average molecular weight is 382 g/mol. The summed E-state index contributed by atoms with van der Waals surface area (Å²) in [6, 6.07) is 6.23. The summed E-state index contributed by atoms with van der Waals surface area (Å²) >= 11 is 0. The van der Waals surface area contributed by atoms with Gasteiger partial charge >= 0.3 is 6.18 Å². The van der Waals surface area contributed by atoms with Crippen molar-refractivity contribution in [2.75, 3.05) is 6.61 Å². The van der Waals surface area contributed by atoms with Gasteiger partial charge in [0.1, 0.15) is 11.6 Å². The monoisotopic (exact) mass is 382 g/mol. The van der Waals surface area contributed by atoms with Crippen LogP contribution in [0.5, 0.6) is 0 Å². The highest BCUT2D eigenvalue weighted by molar-refractivity contribution is 5.88. The lowest BCUT2D eigenvalue weighted by Crippen LogP contribution is -2.07. The highest BCUT2D eigenvalue weighted by atomic mass is 19.4. The first-order valence-corrected chi connectivity index (χ1v) is 8.08. The highest BCUT2D eigenvalue weighted by Gasteiger charge is 2.31. The molecule has 0 unspecified atom stereocenters. The fourth-order valence-electron chi connectivity index (χ4n) is 2.70. The predicted octanol–water partition coefficient (Wildman–Crippen LogP) is 4.78. The standard InChI is InChI=1S/C19H15F5N2O/c20-14-6-4-12(16(21)10-14)11-26-18-9-13(19(22,23)24)5-7-15(18)17(25-26)3-1-2-8-27/h1,3-7,9-10,27H,2,8,11H2/b3-1+. The molecule has 0 spiro atoms. The van der Waals surface area contributed by atoms with Gasteiger partial charge in [-0.15, -0.1) is 0 Å². The summed E-state index contributed by atoms with van der Waals surface area (Å²) in [5.41, 5.74) is -0.169. The van der Waals surface area contributed by atoms with E-state index in [9.17, 15) is 22.0 Å². The Morgan fingerprint density at radius 3 is 2.52 bits per heavy atom. The lowest BCUT2D eigenvalue weighted by Gasteiger charge is -2.08. The molecule has 0 fully saturated rings. The Bertz CT molecular complexity index is 992. The van der Waals surface area contributed by atoms with Crippen LogP contribution in [0, 0.1) is 11.6 Å². The largest absolute Gasteiger partial charge is 0.416 e. The van der Waals surface area contributed by atoms with Crippen molar-refractivity contribution in [1.29, 1.82) is 0 Å². The van der Waals surface area contributed by atoms with Crippen LogP contribution in [0.4, 0.5) is 22.0 Å². The minimum atomic E-state index is -4.53. The third-order valence-corrected chi connectivity index (χ3v) is 4.01. The van der Waals surface area contributed by atoms with Crippen molar-refractivity contribution in [3.8, 4) is 0 Å². The fourth-order valence-corrected chi connectivity index (χ4v) is 2.70. The molecule has 2 aromatic carbocycles. The van der Waals surface area contributed by atoms with Gasteiger partial charge in [0.15, 0.2) is 0 Å². The second kappa shape index (κ2) is 7.48. The molecule has 0 aliphatic heterocycles. The van der Waals surface area contributed by atoms with Gasteiger partial charge in [0.2, 0.25) is 0 Å². The second-order valence-electron chi connectivity index (χ2n) is 5.92. The number of aromatic nitrogens is 2. The van der Waals surface area contributed by atoms with Crippen LogP contribution < -0.4 is 0 Å². The maximum Gasteiger partial charge on any atom is 0.416 e. The van der Waals surface area contributed by atoms with Crippen molar-refractivity contribution in [1.82, 2.24) is 9.78 Å². The Balaban J connectivity index is 2.11. The number of halogens is 5. The lowest BCUT2D eigenvalue weighted by atomic mass is 10.1. The number of rotatable bonds is 5. The van der Waals surface area contributed by atoms with Gasteiger partial charge in [-0.05, 0) is 36.8 Å². The minimum absolute atomic E-state index is 0.0752. The van der Waals surface area contributed by atoms with E-state index in [0.29, 0.717) is 23.6 Å². The van der Waals surface area contributed by atoms with Crippen molar-refractivity contribution in [3.05, 3.63) is 70.9 Å². The molecule has 0 aliphatic rings. The number of hydrogen-bond acceptors (Lipinski definition) is 2. The smallest absolute Gasteiger partial charge is 0.396 e. The van der Waals surface area contributed by atoms with E-state index in [1.54, 1.807) is 12.2 Å². The van der Waals surface area contributed by atoms with Crippen molar-refractivity contribution >= 4 is 17.0 Å². The van der Waals surface area contributed by atoms with Crippen LogP contribution in [0.2, 0.25) is 0 Å². The third-order valence-electron chi connectivity index (χ3n) is 4.01. The van der Waals surface area contributed by atoms with Crippen LogP contribution in [0.1, 0.15) is 23.2 Å². The summed E-state index contributed by atoms with van der Waals surface area (Å²) in [6.45, 7) is -0.230. The van der Waals surface area contributed by atoms with Gasteiger partial charge in [-0.3, -0.25) is 4.68 Å². The molecule has 142 valence electrons. The number of hydrogen-bond donors (Lipinski definition) is 1. The molecule has 27 heavy (non-hydrogen) atoms. The normalized spacial score (nSPS) is 12.4. The summed E-state index contributed by atoms with van der Waals surface area (Å²) < 4.78 is 67.5. The van der Waals surface area contributed by atoms with E-state index in [4.69, 9.17) is 5.11 Å². The number of aliphatic hydroxyl groups is 1. The van der Waals surface area contributed by atoms with Gasteiger partial charge < -0.3 is 5.11 Å². The molecule has 1 heterocycles. The Morgan fingerprint density at radius 1 is 1.07 bits per heavy atom. The van der Waals surface area contributed by atoms with E-state index in [1.165, 1.54) is 16.8 Å². The van der Waals surface area contributed by atoms with Crippen LogP contribution in [0.25, 0.3) is 17.0 Å². The molecule has 0 atom stereocenters. The summed E-state index contributed by atoms with van der Waals surface area (Å²) in [5.74, 6) is -1.54. The molecular formula is C19H15F5N2O. The molecule has 3 aromatic rings. The molecule has 8 heteroatoms. The fraction of sp³-hybridized carbons (Fsp3) is 0.211. The lowest BCUT2D eigenvalue weighted by molar-refractivity contribution is -0.137. The summed E-state index contributed by atoms with van der Waals surface area (Å²) in [4.78, 5) is 0. The number of nitrogens with zero attached hydrogens (tertiary/aromatic N) is 2. The minimum Gasteiger partial charge on any atom is -0.396 e. The molecule has 0 saturated heterocycles. The molecule has 1 N–H and O–H groups in total. The van der Waals surface area contributed by atoms with Crippen molar-refractivity contribution in [2.24, 2.45) is 0 Å². The van der Waals surface area contributed by atoms with E-state index in [-0.39, 0.29) is 24.2 Å². The summed E-state index contributed by atoms with van der Waals surface area (Å²) in [5, 5.41) is 13.6. The van der Waals surface area contributed by atoms with Gasteiger partial charge in [-0.25, -0.2) is 8.78 Å². The van der Waals surface area contributed by atoms with E-state index < -0.39 is 23.4 Å². The summed E-state index contributed by atoms with van der Waals surface area (Å²) in [6.07, 6.45) is -0.940. The Kier molecular flexibility index (Phi) is 5.27. The third kappa shape index (κ3) is 4.16. The first kappa shape index (κ1) is 19.0. The van der Waals surface area contributed by atoms with Gasteiger partial charge in [0.05, 0.1) is 23.3 Å². The predicted molar refractivity (Wildman–Crippen MR) is 90.9 cm³/mol. The van der Waals surface area contributed by atoms with Crippen molar-refractivity contribution < 1.29 is 27.1 Å². The zero-order chi connectivity index (χ0) is 19.6. The van der Waals surface area contributed by atoms with E-state index in [1.807, 2.05) is 0 Å². The van der Waals surface area contributed by atoms with E-state index in [0.717, 1.165) is 18.2 Å². The molecule has 1 aromatic heterocycles. The number of benzene rings is 2. The van der Waals surface area contributed by atoms with Gasteiger partial charge in [-0.1, -0.05) is 12.1 Å². The average Bonchev–Trinajstić information content (AvgIpc) is 2.94. The quantitative estimate of drug-likeness (QED) is 0.645. The topological polar surface area (TPSA) is 38.1 Å². The Hall–Kier alpha value is -2.74. The zero-order valence-electron chi connectivity index (χ0n) is 14.0. The molecule has 3 rings (SSSR count). The molecule has 0 radical (unpaired) electrons. The maximum atomic E-state index is 14.0. The number of alkyl halides is 3. The Labute approximate surface area is 151 Å². The molecule has 0 amide bonds. The SMILES string of the molecule is OCC/C=C/c1nn(Cc2ccc(F)cc2F)c2cc(C(F)(F)F)ccc12. The number of aliphatic hydroxyl groups excluding tert-OH is 1. The number of fused-ring (bicyclic) bond motifs is 1. The molecule has 0 bridgehead atoms. The van der Waals surface area contributed by atoms with Gasteiger partial charge in [-0.2, -0.15) is 18.3 Å². The molecule has 0 aliphatic carbocycles. The highest BCUT2D eigenvalue weighted by Crippen LogP contribution is 2.32. The molecular weight excluding hydrogens is 367 g/mol. The van der Waals surface area contributed by atoms with Crippen LogP contribution in [0.15, 0.2) is 42.5 Å².